The Kier molecular flexibility index (Phi) is 4.23. The number of carbonyl (C=O) groups excluding carboxylic acids is 3. The maximum Gasteiger partial charge on any atom is 0.350 e. The molecule has 0 unspecified atom stereocenters. The summed E-state index contributed by atoms with van der Waals surface area (Å²) in [7, 11) is 0. The Morgan fingerprint density at radius 1 is 1.27 bits per heavy atom. The lowest BCUT2D eigenvalue weighted by Crippen LogP contribution is -2.42. The van der Waals surface area contributed by atoms with Crippen LogP contribution in [0.15, 0.2) is 34.4 Å². The fourth-order valence-electron chi connectivity index (χ4n) is 1.74. The van der Waals surface area contributed by atoms with Crippen LogP contribution in [0.2, 0.25) is 0 Å². The van der Waals surface area contributed by atoms with Gasteiger partial charge in [-0.05, 0) is 34.1 Å². The molecular formula is C14H13BrN2O5. The van der Waals surface area contributed by atoms with E-state index in [2.05, 4.69) is 21.2 Å². The first-order valence-corrected chi connectivity index (χ1v) is 7.01. The summed E-state index contributed by atoms with van der Waals surface area (Å²) in [5.74, 6) is -3.48. The Labute approximate surface area is 134 Å². The van der Waals surface area contributed by atoms with Gasteiger partial charge in [0.15, 0.2) is 5.57 Å². The largest absolute Gasteiger partial charge is 0.419 e. The second kappa shape index (κ2) is 5.80. The van der Waals surface area contributed by atoms with Crippen molar-refractivity contribution in [1.82, 2.24) is 0 Å². The number of ether oxygens (including phenoxy) is 2. The second-order valence-electron chi connectivity index (χ2n) is 4.94. The predicted octanol–water partition coefficient (Wildman–Crippen LogP) is 1.68. The van der Waals surface area contributed by atoms with Crippen LogP contribution in [0, 0.1) is 0 Å². The Morgan fingerprint density at radius 2 is 1.86 bits per heavy atom. The van der Waals surface area contributed by atoms with Gasteiger partial charge in [0.1, 0.15) is 0 Å². The van der Waals surface area contributed by atoms with Crippen molar-refractivity contribution in [3.63, 3.8) is 0 Å². The molecule has 0 radical (unpaired) electrons. The van der Waals surface area contributed by atoms with E-state index in [-0.39, 0.29) is 11.1 Å². The summed E-state index contributed by atoms with van der Waals surface area (Å²) >= 11 is 3.20. The third-order valence-electron chi connectivity index (χ3n) is 2.73. The highest BCUT2D eigenvalue weighted by atomic mass is 79.9. The van der Waals surface area contributed by atoms with Crippen LogP contribution in [0.5, 0.6) is 0 Å². The second-order valence-corrected chi connectivity index (χ2v) is 5.79. The summed E-state index contributed by atoms with van der Waals surface area (Å²) in [4.78, 5) is 34.8. The van der Waals surface area contributed by atoms with E-state index < -0.39 is 23.6 Å². The maximum absolute atomic E-state index is 11.8. The molecule has 8 heteroatoms. The normalized spacial score (nSPS) is 16.6. The highest BCUT2D eigenvalue weighted by Crippen LogP contribution is 2.24. The fraction of sp³-hybridized carbons (Fsp3) is 0.214. The van der Waals surface area contributed by atoms with Gasteiger partial charge in [0, 0.05) is 30.2 Å². The molecule has 7 nitrogen and oxygen atoms in total. The lowest BCUT2D eigenvalue weighted by Gasteiger charge is -2.29. The third kappa shape index (κ3) is 3.45. The van der Waals surface area contributed by atoms with Crippen LogP contribution < -0.4 is 11.1 Å². The van der Waals surface area contributed by atoms with E-state index in [1.807, 2.05) is 0 Å². The van der Waals surface area contributed by atoms with Crippen molar-refractivity contribution in [3.05, 3.63) is 40.0 Å². The quantitative estimate of drug-likeness (QED) is 0.477. The smallest absolute Gasteiger partial charge is 0.350 e. The zero-order valence-electron chi connectivity index (χ0n) is 11.8. The van der Waals surface area contributed by atoms with E-state index >= 15 is 0 Å². The van der Waals surface area contributed by atoms with Gasteiger partial charge in [-0.1, -0.05) is 0 Å². The van der Waals surface area contributed by atoms with E-state index in [9.17, 15) is 14.4 Å². The molecule has 0 saturated carbocycles. The van der Waals surface area contributed by atoms with Crippen LogP contribution >= 0.6 is 15.9 Å². The first kappa shape index (κ1) is 16.0. The SMILES string of the molecule is CC1(C)OC(=O)C(=CNc2ccc(Br)c(C(N)=O)c2)C(=O)O1. The van der Waals surface area contributed by atoms with Crippen molar-refractivity contribution in [2.75, 3.05) is 5.32 Å². The first-order chi connectivity index (χ1) is 10.2. The number of carbonyl (C=O) groups is 3. The minimum absolute atomic E-state index is 0.262. The van der Waals surface area contributed by atoms with E-state index in [0.29, 0.717) is 10.2 Å². The maximum atomic E-state index is 11.8. The number of esters is 2. The minimum atomic E-state index is -1.29. The Balaban J connectivity index is 2.22. The molecule has 3 N–H and O–H groups in total. The molecule has 0 aromatic heterocycles. The molecule has 2 rings (SSSR count). The number of benzene rings is 1. The molecule has 1 aliphatic heterocycles. The van der Waals surface area contributed by atoms with Crippen LogP contribution in [0.1, 0.15) is 24.2 Å². The summed E-state index contributed by atoms with van der Waals surface area (Å²) in [6.07, 6.45) is 1.16. The third-order valence-corrected chi connectivity index (χ3v) is 3.42. The average Bonchev–Trinajstić information content (AvgIpc) is 2.37. The van der Waals surface area contributed by atoms with Gasteiger partial charge in [-0.15, -0.1) is 0 Å². The molecule has 1 fully saturated rings. The minimum Gasteiger partial charge on any atom is -0.419 e. The van der Waals surface area contributed by atoms with Crippen LogP contribution in [-0.2, 0) is 19.1 Å². The molecule has 1 aromatic rings. The number of primary amides is 1. The predicted molar refractivity (Wildman–Crippen MR) is 80.6 cm³/mol. The van der Waals surface area contributed by atoms with E-state index in [1.54, 1.807) is 12.1 Å². The summed E-state index contributed by atoms with van der Waals surface area (Å²) in [5, 5.41) is 2.73. The van der Waals surface area contributed by atoms with Gasteiger partial charge in [-0.3, -0.25) is 4.79 Å². The fourth-order valence-corrected chi connectivity index (χ4v) is 2.18. The number of hydrogen-bond acceptors (Lipinski definition) is 6. The topological polar surface area (TPSA) is 108 Å². The van der Waals surface area contributed by atoms with Gasteiger partial charge in [-0.25, -0.2) is 9.59 Å². The molecular weight excluding hydrogens is 356 g/mol. The number of rotatable bonds is 3. The van der Waals surface area contributed by atoms with Crippen LogP contribution in [0.25, 0.3) is 0 Å². The molecule has 0 bridgehead atoms. The summed E-state index contributed by atoms with van der Waals surface area (Å²) in [6, 6.07) is 4.73. The molecule has 1 heterocycles. The molecule has 1 aromatic carbocycles. The van der Waals surface area contributed by atoms with Crippen molar-refractivity contribution in [3.8, 4) is 0 Å². The van der Waals surface area contributed by atoms with E-state index in [4.69, 9.17) is 15.2 Å². The number of nitrogens with one attached hydrogen (secondary N) is 1. The number of amides is 1. The van der Waals surface area contributed by atoms with E-state index in [0.717, 1.165) is 6.20 Å². The lowest BCUT2D eigenvalue weighted by molar-refractivity contribution is -0.222. The summed E-state index contributed by atoms with van der Waals surface area (Å²) in [6.45, 7) is 2.92. The molecule has 1 amide bonds. The van der Waals surface area contributed by atoms with Crippen LogP contribution in [0.4, 0.5) is 5.69 Å². The first-order valence-electron chi connectivity index (χ1n) is 6.22. The Bertz CT molecular complexity index is 674. The highest BCUT2D eigenvalue weighted by molar-refractivity contribution is 9.10. The van der Waals surface area contributed by atoms with Crippen molar-refractivity contribution >= 4 is 39.5 Å². The van der Waals surface area contributed by atoms with Gasteiger partial charge < -0.3 is 20.5 Å². The standard InChI is InChI=1S/C14H13BrN2O5/c1-14(2)21-12(19)9(13(20)22-14)6-17-7-3-4-10(15)8(5-7)11(16)18/h3-6,17H,1-2H3,(H2,16,18). The van der Waals surface area contributed by atoms with Crippen molar-refractivity contribution in [2.24, 2.45) is 5.73 Å². The van der Waals surface area contributed by atoms with Crippen molar-refractivity contribution in [1.29, 1.82) is 0 Å². The molecule has 116 valence electrons. The van der Waals surface area contributed by atoms with Gasteiger partial charge in [0.25, 0.3) is 5.79 Å². The number of nitrogens with two attached hydrogens (primary N) is 1. The van der Waals surface area contributed by atoms with Gasteiger partial charge in [-0.2, -0.15) is 0 Å². The molecule has 1 saturated heterocycles. The average molecular weight is 369 g/mol. The van der Waals surface area contributed by atoms with E-state index in [1.165, 1.54) is 19.9 Å². The van der Waals surface area contributed by atoms with Gasteiger partial charge >= 0.3 is 11.9 Å². The molecule has 0 spiro atoms. The lowest BCUT2D eigenvalue weighted by atomic mass is 10.2. The zero-order chi connectivity index (χ0) is 16.5. The summed E-state index contributed by atoms with van der Waals surface area (Å²) < 4.78 is 10.4. The number of hydrogen-bond donors (Lipinski definition) is 2. The van der Waals surface area contributed by atoms with Crippen molar-refractivity contribution in [2.45, 2.75) is 19.6 Å². The molecule has 22 heavy (non-hydrogen) atoms. The Hall–Kier alpha value is -2.35. The Morgan fingerprint density at radius 3 is 2.41 bits per heavy atom. The van der Waals surface area contributed by atoms with Gasteiger partial charge in [0.2, 0.25) is 5.91 Å². The van der Waals surface area contributed by atoms with Crippen LogP contribution in [0.3, 0.4) is 0 Å². The monoisotopic (exact) mass is 368 g/mol. The van der Waals surface area contributed by atoms with Gasteiger partial charge in [0.05, 0.1) is 5.56 Å². The number of halogens is 1. The molecule has 0 atom stereocenters. The number of anilines is 1. The highest BCUT2D eigenvalue weighted by Gasteiger charge is 2.38. The number of cyclic esters (lactones) is 2. The van der Waals surface area contributed by atoms with Crippen molar-refractivity contribution < 1.29 is 23.9 Å². The molecule has 1 aliphatic rings. The molecule has 0 aliphatic carbocycles. The summed E-state index contributed by atoms with van der Waals surface area (Å²) in [5.41, 5.74) is 5.69. The van der Waals surface area contributed by atoms with Crippen LogP contribution in [-0.4, -0.2) is 23.6 Å². The zero-order valence-corrected chi connectivity index (χ0v) is 13.4.